The fraction of sp³-hybridized carbons (Fsp3) is 0.625. The Bertz CT molecular complexity index is 531. The van der Waals surface area contributed by atoms with E-state index in [9.17, 15) is 9.59 Å². The van der Waals surface area contributed by atoms with Crippen LogP contribution in [0.4, 0.5) is 10.7 Å². The molecule has 1 aliphatic rings. The molecule has 0 unspecified atom stereocenters. The van der Waals surface area contributed by atoms with E-state index in [4.69, 9.17) is 0 Å². The predicted octanol–water partition coefficient (Wildman–Crippen LogP) is 0.613. The number of urea groups is 1. The van der Waals surface area contributed by atoms with E-state index < -0.39 is 0 Å². The van der Waals surface area contributed by atoms with E-state index in [-0.39, 0.29) is 18.0 Å². The van der Waals surface area contributed by atoms with E-state index in [0.717, 1.165) is 19.5 Å². The van der Waals surface area contributed by atoms with Crippen LogP contribution in [0.15, 0.2) is 18.5 Å². The second-order valence-electron chi connectivity index (χ2n) is 5.88. The van der Waals surface area contributed by atoms with Gasteiger partial charge in [0.1, 0.15) is 0 Å². The number of anilines is 1. The molecule has 1 atom stereocenters. The van der Waals surface area contributed by atoms with Crippen LogP contribution in [-0.4, -0.2) is 65.6 Å². The van der Waals surface area contributed by atoms with Crippen molar-refractivity contribution < 1.29 is 9.59 Å². The lowest BCUT2D eigenvalue weighted by molar-refractivity contribution is -0.131. The van der Waals surface area contributed by atoms with Gasteiger partial charge < -0.3 is 20.4 Å². The van der Waals surface area contributed by atoms with Crippen LogP contribution < -0.4 is 15.5 Å². The summed E-state index contributed by atoms with van der Waals surface area (Å²) in [4.78, 5) is 36.2. The lowest BCUT2D eigenvalue weighted by Gasteiger charge is -2.34. The molecule has 0 aromatic carbocycles. The van der Waals surface area contributed by atoms with E-state index in [1.807, 2.05) is 18.7 Å². The van der Waals surface area contributed by atoms with Gasteiger partial charge in [0.05, 0.1) is 0 Å². The number of hydrogen-bond acceptors (Lipinski definition) is 5. The van der Waals surface area contributed by atoms with Gasteiger partial charge in [-0.3, -0.25) is 4.79 Å². The van der Waals surface area contributed by atoms with Gasteiger partial charge in [-0.2, -0.15) is 0 Å². The van der Waals surface area contributed by atoms with Gasteiger partial charge in [-0.15, -0.1) is 0 Å². The minimum atomic E-state index is -0.219. The summed E-state index contributed by atoms with van der Waals surface area (Å²) in [5.41, 5.74) is 0. The van der Waals surface area contributed by atoms with Gasteiger partial charge in [0.25, 0.3) is 0 Å². The molecule has 2 rings (SSSR count). The van der Waals surface area contributed by atoms with Crippen molar-refractivity contribution in [1.29, 1.82) is 0 Å². The zero-order valence-electron chi connectivity index (χ0n) is 14.4. The molecule has 1 aromatic heterocycles. The molecule has 0 aliphatic carbocycles. The minimum absolute atomic E-state index is 0.0625. The highest BCUT2D eigenvalue weighted by Crippen LogP contribution is 2.10. The third-order valence-electron chi connectivity index (χ3n) is 4.08. The maximum atomic E-state index is 12.2. The van der Waals surface area contributed by atoms with Crippen molar-refractivity contribution in [2.75, 3.05) is 37.6 Å². The van der Waals surface area contributed by atoms with Crippen molar-refractivity contribution in [2.45, 2.75) is 32.7 Å². The molecule has 0 radical (unpaired) electrons. The summed E-state index contributed by atoms with van der Waals surface area (Å²) in [6.07, 6.45) is 4.63. The van der Waals surface area contributed by atoms with Crippen LogP contribution >= 0.6 is 0 Å². The van der Waals surface area contributed by atoms with E-state index in [0.29, 0.717) is 32.0 Å². The third-order valence-corrected chi connectivity index (χ3v) is 4.08. The molecule has 1 saturated heterocycles. The molecular formula is C16H26N6O2. The zero-order chi connectivity index (χ0) is 17.4. The van der Waals surface area contributed by atoms with Crippen molar-refractivity contribution >= 4 is 17.9 Å². The first-order valence-corrected chi connectivity index (χ1v) is 8.44. The van der Waals surface area contributed by atoms with Gasteiger partial charge in [0, 0.05) is 57.6 Å². The van der Waals surface area contributed by atoms with Crippen LogP contribution in [0.5, 0.6) is 0 Å². The van der Waals surface area contributed by atoms with E-state index in [1.165, 1.54) is 0 Å². The minimum Gasteiger partial charge on any atom is -0.339 e. The molecule has 0 spiro atoms. The van der Waals surface area contributed by atoms with Crippen molar-refractivity contribution in [3.8, 4) is 0 Å². The smallest absolute Gasteiger partial charge is 0.315 e. The van der Waals surface area contributed by atoms with Gasteiger partial charge >= 0.3 is 6.03 Å². The maximum absolute atomic E-state index is 12.2. The Morgan fingerprint density at radius 1 is 1.21 bits per heavy atom. The highest BCUT2D eigenvalue weighted by atomic mass is 16.2. The number of rotatable bonds is 6. The maximum Gasteiger partial charge on any atom is 0.315 e. The zero-order valence-corrected chi connectivity index (χ0v) is 14.4. The van der Waals surface area contributed by atoms with Crippen LogP contribution in [0, 0.1) is 0 Å². The largest absolute Gasteiger partial charge is 0.339 e. The Kier molecular flexibility index (Phi) is 6.77. The Morgan fingerprint density at radius 3 is 2.50 bits per heavy atom. The number of nitrogens with zero attached hydrogens (tertiary/aromatic N) is 4. The number of hydrogen-bond donors (Lipinski definition) is 2. The van der Waals surface area contributed by atoms with Gasteiger partial charge in [-0.25, -0.2) is 14.8 Å². The highest BCUT2D eigenvalue weighted by molar-refractivity contribution is 5.78. The van der Waals surface area contributed by atoms with Crippen molar-refractivity contribution in [2.24, 2.45) is 0 Å². The molecule has 2 N–H and O–H groups in total. The first-order valence-electron chi connectivity index (χ1n) is 8.44. The van der Waals surface area contributed by atoms with Gasteiger partial charge in [-0.05, 0) is 19.4 Å². The molecular weight excluding hydrogens is 308 g/mol. The van der Waals surface area contributed by atoms with E-state index in [1.54, 1.807) is 18.5 Å². The molecule has 1 aliphatic heterocycles. The highest BCUT2D eigenvalue weighted by Gasteiger charge is 2.22. The summed E-state index contributed by atoms with van der Waals surface area (Å²) < 4.78 is 0. The standard InChI is InChI=1S/C16H26N6O2/c1-3-13(2)20-16(24)19-8-5-14(23)21-9-11-22(12-10-21)15-17-6-4-7-18-15/h4,6-7,13H,3,5,8-12H2,1-2H3,(H2,19,20,24)/t13-/m0/s1. The SMILES string of the molecule is CC[C@H](C)NC(=O)NCCC(=O)N1CCN(c2ncccn2)CC1. The van der Waals surface area contributed by atoms with Crippen molar-refractivity contribution in [1.82, 2.24) is 25.5 Å². The van der Waals surface area contributed by atoms with Crippen molar-refractivity contribution in [3.05, 3.63) is 18.5 Å². The molecule has 0 saturated carbocycles. The summed E-state index contributed by atoms with van der Waals surface area (Å²) in [5, 5.41) is 5.54. The molecule has 1 aromatic rings. The average molecular weight is 334 g/mol. The molecule has 2 heterocycles. The summed E-state index contributed by atoms with van der Waals surface area (Å²) in [7, 11) is 0. The quantitative estimate of drug-likeness (QED) is 0.796. The Labute approximate surface area is 142 Å². The first kappa shape index (κ1) is 18.0. The molecule has 24 heavy (non-hydrogen) atoms. The average Bonchev–Trinajstić information content (AvgIpc) is 2.62. The Morgan fingerprint density at radius 2 is 1.88 bits per heavy atom. The van der Waals surface area contributed by atoms with Crippen molar-refractivity contribution in [3.63, 3.8) is 0 Å². The summed E-state index contributed by atoms with van der Waals surface area (Å²) in [5.74, 6) is 0.764. The molecule has 132 valence electrons. The molecule has 8 heteroatoms. The number of carbonyl (C=O) groups is 2. The number of amides is 3. The number of piperazine rings is 1. The fourth-order valence-electron chi connectivity index (χ4n) is 2.43. The normalized spacial score (nSPS) is 15.8. The van der Waals surface area contributed by atoms with Crippen LogP contribution in [-0.2, 0) is 4.79 Å². The van der Waals surface area contributed by atoms with Crippen LogP contribution in [0.25, 0.3) is 0 Å². The van der Waals surface area contributed by atoms with Crippen LogP contribution in [0.2, 0.25) is 0 Å². The van der Waals surface area contributed by atoms with Gasteiger partial charge in [0.2, 0.25) is 11.9 Å². The molecule has 8 nitrogen and oxygen atoms in total. The summed E-state index contributed by atoms with van der Waals surface area (Å²) >= 11 is 0. The molecule has 0 bridgehead atoms. The van der Waals surface area contributed by atoms with E-state index in [2.05, 4.69) is 25.5 Å². The van der Waals surface area contributed by atoms with Crippen LogP contribution in [0.1, 0.15) is 26.7 Å². The first-order chi connectivity index (χ1) is 11.6. The fourth-order valence-corrected chi connectivity index (χ4v) is 2.43. The number of carbonyl (C=O) groups excluding carboxylic acids is 2. The second-order valence-corrected chi connectivity index (χ2v) is 5.88. The summed E-state index contributed by atoms with van der Waals surface area (Å²) in [6.45, 7) is 7.04. The summed E-state index contributed by atoms with van der Waals surface area (Å²) in [6, 6.07) is 1.70. The Hall–Kier alpha value is -2.38. The lowest BCUT2D eigenvalue weighted by Crippen LogP contribution is -2.50. The third kappa shape index (κ3) is 5.36. The van der Waals surface area contributed by atoms with Crippen LogP contribution in [0.3, 0.4) is 0 Å². The number of aromatic nitrogens is 2. The molecule has 3 amide bonds. The van der Waals surface area contributed by atoms with Gasteiger partial charge in [0.15, 0.2) is 0 Å². The van der Waals surface area contributed by atoms with E-state index >= 15 is 0 Å². The van der Waals surface area contributed by atoms with Gasteiger partial charge in [-0.1, -0.05) is 6.92 Å². The predicted molar refractivity (Wildman–Crippen MR) is 91.7 cm³/mol. The lowest BCUT2D eigenvalue weighted by atomic mass is 10.2. The topological polar surface area (TPSA) is 90.5 Å². The second kappa shape index (κ2) is 9.05. The molecule has 1 fully saturated rings. The Balaban J connectivity index is 1.67. The number of nitrogens with one attached hydrogen (secondary N) is 2. The monoisotopic (exact) mass is 334 g/mol.